The summed E-state index contributed by atoms with van der Waals surface area (Å²) in [4.78, 5) is 14.1. The van der Waals surface area contributed by atoms with Crippen molar-refractivity contribution in [3.63, 3.8) is 0 Å². The summed E-state index contributed by atoms with van der Waals surface area (Å²) in [6.07, 6.45) is 0.759. The van der Waals surface area contributed by atoms with Gasteiger partial charge in [0, 0.05) is 11.6 Å². The van der Waals surface area contributed by atoms with E-state index in [2.05, 4.69) is 0 Å². The SMILES string of the molecule is COc1ccc(CCN2COc3ccc(Cl)cc3C2=O)cc1. The number of halogens is 1. The molecule has 0 spiro atoms. The van der Waals surface area contributed by atoms with E-state index in [4.69, 9.17) is 21.1 Å². The summed E-state index contributed by atoms with van der Waals surface area (Å²) in [5, 5.41) is 0.535. The number of carbonyl (C=O) groups excluding carboxylic acids is 1. The molecule has 2 aromatic carbocycles. The van der Waals surface area contributed by atoms with Crippen molar-refractivity contribution in [3.05, 3.63) is 58.6 Å². The molecule has 0 aliphatic carbocycles. The van der Waals surface area contributed by atoms with Gasteiger partial charge in [-0.3, -0.25) is 4.79 Å². The average molecular weight is 318 g/mol. The van der Waals surface area contributed by atoms with E-state index in [0.29, 0.717) is 22.9 Å². The third-order valence-corrected chi connectivity index (χ3v) is 3.90. The molecule has 5 heteroatoms. The molecular formula is C17H16ClNO3. The lowest BCUT2D eigenvalue weighted by atomic mass is 10.1. The second kappa shape index (κ2) is 6.28. The van der Waals surface area contributed by atoms with Crippen LogP contribution in [0.2, 0.25) is 5.02 Å². The number of ether oxygens (including phenoxy) is 2. The molecule has 1 heterocycles. The van der Waals surface area contributed by atoms with Gasteiger partial charge >= 0.3 is 0 Å². The fourth-order valence-electron chi connectivity index (χ4n) is 2.39. The van der Waals surface area contributed by atoms with Crippen molar-refractivity contribution in [2.24, 2.45) is 0 Å². The molecule has 1 aliphatic heterocycles. The predicted octanol–water partition coefficient (Wildman–Crippen LogP) is 3.38. The molecule has 0 N–H and O–H groups in total. The number of hydrogen-bond acceptors (Lipinski definition) is 3. The van der Waals surface area contributed by atoms with Gasteiger partial charge in [-0.1, -0.05) is 23.7 Å². The Labute approximate surface area is 134 Å². The van der Waals surface area contributed by atoms with Crippen molar-refractivity contribution >= 4 is 17.5 Å². The van der Waals surface area contributed by atoms with Gasteiger partial charge in [-0.2, -0.15) is 0 Å². The maximum Gasteiger partial charge on any atom is 0.260 e. The van der Waals surface area contributed by atoms with Crippen LogP contribution in [0, 0.1) is 0 Å². The van der Waals surface area contributed by atoms with E-state index < -0.39 is 0 Å². The lowest BCUT2D eigenvalue weighted by Crippen LogP contribution is -2.39. The van der Waals surface area contributed by atoms with E-state index >= 15 is 0 Å². The average Bonchev–Trinajstić information content (AvgIpc) is 2.55. The Hall–Kier alpha value is -2.20. The summed E-state index contributed by atoms with van der Waals surface area (Å²) in [5.74, 6) is 1.37. The van der Waals surface area contributed by atoms with E-state index in [1.165, 1.54) is 0 Å². The Morgan fingerprint density at radius 3 is 2.73 bits per heavy atom. The Kier molecular flexibility index (Phi) is 4.20. The van der Waals surface area contributed by atoms with Gasteiger partial charge in [0.2, 0.25) is 0 Å². The molecule has 114 valence electrons. The summed E-state index contributed by atoms with van der Waals surface area (Å²) >= 11 is 5.95. The molecule has 1 aliphatic rings. The van der Waals surface area contributed by atoms with Crippen molar-refractivity contribution in [1.29, 1.82) is 0 Å². The van der Waals surface area contributed by atoms with E-state index in [0.717, 1.165) is 17.7 Å². The van der Waals surface area contributed by atoms with E-state index in [9.17, 15) is 4.79 Å². The minimum atomic E-state index is -0.0442. The van der Waals surface area contributed by atoms with Crippen LogP contribution < -0.4 is 9.47 Å². The number of carbonyl (C=O) groups is 1. The highest BCUT2D eigenvalue weighted by Crippen LogP contribution is 2.27. The molecule has 0 radical (unpaired) electrons. The second-order valence-electron chi connectivity index (χ2n) is 5.08. The number of fused-ring (bicyclic) bond motifs is 1. The van der Waals surface area contributed by atoms with Crippen molar-refractivity contribution in [2.75, 3.05) is 20.4 Å². The van der Waals surface area contributed by atoms with E-state index in [-0.39, 0.29) is 12.6 Å². The summed E-state index contributed by atoms with van der Waals surface area (Å²) in [7, 11) is 1.64. The first-order chi connectivity index (χ1) is 10.7. The number of hydrogen-bond donors (Lipinski definition) is 0. The number of nitrogens with zero attached hydrogens (tertiary/aromatic N) is 1. The summed E-state index contributed by atoms with van der Waals surface area (Å²) < 4.78 is 10.7. The van der Waals surface area contributed by atoms with Crippen molar-refractivity contribution in [2.45, 2.75) is 6.42 Å². The van der Waals surface area contributed by atoms with Crippen molar-refractivity contribution in [1.82, 2.24) is 4.90 Å². The predicted molar refractivity (Wildman–Crippen MR) is 84.7 cm³/mol. The highest BCUT2D eigenvalue weighted by molar-refractivity contribution is 6.31. The number of benzene rings is 2. The molecule has 22 heavy (non-hydrogen) atoms. The van der Waals surface area contributed by atoms with Gasteiger partial charge in [-0.15, -0.1) is 0 Å². The van der Waals surface area contributed by atoms with Crippen LogP contribution in [-0.4, -0.2) is 31.2 Å². The first-order valence-electron chi connectivity index (χ1n) is 7.02. The molecule has 2 aromatic rings. The minimum Gasteiger partial charge on any atom is -0.497 e. The quantitative estimate of drug-likeness (QED) is 0.867. The zero-order chi connectivity index (χ0) is 15.5. The van der Waals surface area contributed by atoms with Gasteiger partial charge in [0.25, 0.3) is 5.91 Å². The molecule has 0 fully saturated rings. The van der Waals surface area contributed by atoms with Crippen LogP contribution in [0.3, 0.4) is 0 Å². The zero-order valence-corrected chi connectivity index (χ0v) is 13.0. The van der Waals surface area contributed by atoms with Gasteiger partial charge in [0.05, 0.1) is 12.7 Å². The van der Waals surface area contributed by atoms with Gasteiger partial charge in [-0.25, -0.2) is 0 Å². The fourth-order valence-corrected chi connectivity index (χ4v) is 2.57. The number of rotatable bonds is 4. The topological polar surface area (TPSA) is 38.8 Å². The van der Waals surface area contributed by atoms with Gasteiger partial charge in [0.15, 0.2) is 6.73 Å². The van der Waals surface area contributed by atoms with Crippen molar-refractivity contribution < 1.29 is 14.3 Å². The normalized spacial score (nSPS) is 13.5. The lowest BCUT2D eigenvalue weighted by Gasteiger charge is -2.28. The molecule has 0 bridgehead atoms. The fraction of sp³-hybridized carbons (Fsp3) is 0.235. The molecule has 0 saturated carbocycles. The second-order valence-corrected chi connectivity index (χ2v) is 5.52. The smallest absolute Gasteiger partial charge is 0.260 e. The van der Waals surface area contributed by atoms with Crippen LogP contribution >= 0.6 is 11.6 Å². The first-order valence-corrected chi connectivity index (χ1v) is 7.40. The summed E-state index contributed by atoms with van der Waals surface area (Å²) in [6, 6.07) is 12.9. The molecule has 0 aromatic heterocycles. The lowest BCUT2D eigenvalue weighted by molar-refractivity contribution is 0.0525. The zero-order valence-electron chi connectivity index (χ0n) is 12.2. The Morgan fingerprint density at radius 1 is 1.23 bits per heavy atom. The van der Waals surface area contributed by atoms with Crippen LogP contribution in [0.5, 0.6) is 11.5 Å². The van der Waals surface area contributed by atoms with Crippen LogP contribution in [0.25, 0.3) is 0 Å². The molecule has 1 amide bonds. The number of methoxy groups -OCH3 is 1. The molecule has 0 unspecified atom stereocenters. The minimum absolute atomic E-state index is 0.0442. The van der Waals surface area contributed by atoms with Gasteiger partial charge in [0.1, 0.15) is 11.5 Å². The molecular weight excluding hydrogens is 302 g/mol. The molecule has 0 saturated heterocycles. The largest absolute Gasteiger partial charge is 0.497 e. The Bertz CT molecular complexity index is 685. The van der Waals surface area contributed by atoms with Crippen LogP contribution in [0.1, 0.15) is 15.9 Å². The summed E-state index contributed by atoms with van der Waals surface area (Å²) in [5.41, 5.74) is 1.67. The van der Waals surface area contributed by atoms with Crippen LogP contribution in [-0.2, 0) is 6.42 Å². The van der Waals surface area contributed by atoms with Gasteiger partial charge in [-0.05, 0) is 42.3 Å². The number of amides is 1. The molecule has 0 atom stereocenters. The Balaban J connectivity index is 1.67. The summed E-state index contributed by atoms with van der Waals surface area (Å²) in [6.45, 7) is 0.862. The molecule has 4 nitrogen and oxygen atoms in total. The monoisotopic (exact) mass is 317 g/mol. The van der Waals surface area contributed by atoms with Crippen LogP contribution in [0.15, 0.2) is 42.5 Å². The maximum absolute atomic E-state index is 12.5. The highest BCUT2D eigenvalue weighted by Gasteiger charge is 2.25. The third kappa shape index (κ3) is 3.02. The standard InChI is InChI=1S/C17H16ClNO3/c1-21-14-5-2-12(3-6-14)8-9-19-11-22-16-7-4-13(18)10-15(16)17(19)20/h2-7,10H,8-9,11H2,1H3. The van der Waals surface area contributed by atoms with Gasteiger partial charge < -0.3 is 14.4 Å². The molecule has 3 rings (SSSR count). The Morgan fingerprint density at radius 2 is 2.00 bits per heavy atom. The van der Waals surface area contributed by atoms with Crippen LogP contribution in [0.4, 0.5) is 0 Å². The van der Waals surface area contributed by atoms with E-state index in [1.807, 2.05) is 24.3 Å². The third-order valence-electron chi connectivity index (χ3n) is 3.66. The van der Waals surface area contributed by atoms with E-state index in [1.54, 1.807) is 30.2 Å². The maximum atomic E-state index is 12.5. The van der Waals surface area contributed by atoms with Crippen molar-refractivity contribution in [3.8, 4) is 11.5 Å². The first kappa shape index (κ1) is 14.7. The highest BCUT2D eigenvalue weighted by atomic mass is 35.5.